The lowest BCUT2D eigenvalue weighted by molar-refractivity contribution is -0.145. The second-order valence-corrected chi connectivity index (χ2v) is 6.21. The third-order valence-corrected chi connectivity index (χ3v) is 4.60. The standard InChI is InChI=1S/C19H18F3NO2/c20-13-6-4-12(5-7-13)18(15-9-8-14(21)11-16(15)22)23-10-2-1-3-17(23)19(24)25/h4-9,11,17-18H,1-3,10H2,(H,24,25). The smallest absolute Gasteiger partial charge is 0.320 e. The highest BCUT2D eigenvalue weighted by molar-refractivity contribution is 5.73. The van der Waals surface area contributed by atoms with E-state index in [0.29, 0.717) is 18.5 Å². The van der Waals surface area contributed by atoms with Crippen molar-refractivity contribution >= 4 is 5.97 Å². The minimum Gasteiger partial charge on any atom is -0.480 e. The van der Waals surface area contributed by atoms with Crippen LogP contribution in [0.2, 0.25) is 0 Å². The molecule has 0 amide bonds. The van der Waals surface area contributed by atoms with Crippen molar-refractivity contribution in [2.45, 2.75) is 31.3 Å². The summed E-state index contributed by atoms with van der Waals surface area (Å²) in [5.74, 6) is -2.86. The minimum atomic E-state index is -0.977. The van der Waals surface area contributed by atoms with Crippen LogP contribution in [0, 0.1) is 17.5 Å². The number of halogens is 3. The number of aliphatic carboxylic acids is 1. The maximum Gasteiger partial charge on any atom is 0.320 e. The molecule has 1 aliphatic rings. The molecule has 1 N–H and O–H groups in total. The van der Waals surface area contributed by atoms with Gasteiger partial charge in [-0.25, -0.2) is 13.2 Å². The second kappa shape index (κ2) is 7.27. The number of likely N-dealkylation sites (tertiary alicyclic amines) is 1. The average molecular weight is 349 g/mol. The van der Waals surface area contributed by atoms with E-state index in [1.807, 2.05) is 0 Å². The Hall–Kier alpha value is -2.34. The molecule has 3 rings (SSSR count). The predicted molar refractivity (Wildman–Crippen MR) is 86.6 cm³/mol. The lowest BCUT2D eigenvalue weighted by atomic mass is 9.91. The number of hydrogen-bond donors (Lipinski definition) is 1. The molecular formula is C19H18F3NO2. The van der Waals surface area contributed by atoms with Crippen molar-refractivity contribution in [3.05, 3.63) is 71.0 Å². The number of carbonyl (C=O) groups is 1. The van der Waals surface area contributed by atoms with E-state index >= 15 is 0 Å². The average Bonchev–Trinajstić information content (AvgIpc) is 2.59. The predicted octanol–water partition coefficient (Wildman–Crippen LogP) is 4.13. The van der Waals surface area contributed by atoms with E-state index in [4.69, 9.17) is 0 Å². The van der Waals surface area contributed by atoms with Crippen molar-refractivity contribution in [2.75, 3.05) is 6.54 Å². The van der Waals surface area contributed by atoms with Gasteiger partial charge in [0.25, 0.3) is 0 Å². The zero-order chi connectivity index (χ0) is 18.0. The van der Waals surface area contributed by atoms with Crippen LogP contribution in [0.5, 0.6) is 0 Å². The van der Waals surface area contributed by atoms with Crippen LogP contribution >= 0.6 is 0 Å². The van der Waals surface area contributed by atoms with E-state index < -0.39 is 35.5 Å². The van der Waals surface area contributed by atoms with Gasteiger partial charge in [-0.2, -0.15) is 0 Å². The maximum atomic E-state index is 14.5. The van der Waals surface area contributed by atoms with Gasteiger partial charge in [0.05, 0.1) is 6.04 Å². The quantitative estimate of drug-likeness (QED) is 0.902. The molecule has 0 radical (unpaired) electrons. The topological polar surface area (TPSA) is 40.5 Å². The van der Waals surface area contributed by atoms with Crippen LogP contribution in [0.4, 0.5) is 13.2 Å². The van der Waals surface area contributed by atoms with Gasteiger partial charge in [0.1, 0.15) is 23.5 Å². The number of piperidine rings is 1. The van der Waals surface area contributed by atoms with Crippen molar-refractivity contribution in [1.29, 1.82) is 0 Å². The van der Waals surface area contributed by atoms with E-state index in [0.717, 1.165) is 25.0 Å². The Morgan fingerprint density at radius 3 is 2.36 bits per heavy atom. The van der Waals surface area contributed by atoms with Crippen LogP contribution in [-0.2, 0) is 4.79 Å². The molecule has 1 saturated heterocycles. The Morgan fingerprint density at radius 2 is 1.72 bits per heavy atom. The first kappa shape index (κ1) is 17.5. The summed E-state index contributed by atoms with van der Waals surface area (Å²) in [7, 11) is 0. The van der Waals surface area contributed by atoms with E-state index in [-0.39, 0.29) is 5.56 Å². The summed E-state index contributed by atoms with van der Waals surface area (Å²) >= 11 is 0. The third-order valence-electron chi connectivity index (χ3n) is 4.60. The van der Waals surface area contributed by atoms with Gasteiger partial charge >= 0.3 is 5.97 Å². The lowest BCUT2D eigenvalue weighted by Crippen LogP contribution is -2.47. The summed E-state index contributed by atoms with van der Waals surface area (Å²) < 4.78 is 41.1. The van der Waals surface area contributed by atoms with Crippen LogP contribution < -0.4 is 0 Å². The fourth-order valence-corrected chi connectivity index (χ4v) is 3.45. The normalized spacial score (nSPS) is 19.6. The van der Waals surface area contributed by atoms with Gasteiger partial charge in [-0.1, -0.05) is 24.6 Å². The van der Waals surface area contributed by atoms with Crippen LogP contribution in [0.15, 0.2) is 42.5 Å². The van der Waals surface area contributed by atoms with Gasteiger partial charge in [-0.15, -0.1) is 0 Å². The van der Waals surface area contributed by atoms with Crippen molar-refractivity contribution < 1.29 is 23.1 Å². The SMILES string of the molecule is O=C(O)C1CCCCN1C(c1ccc(F)cc1)c1ccc(F)cc1F. The van der Waals surface area contributed by atoms with Gasteiger partial charge < -0.3 is 5.11 Å². The van der Waals surface area contributed by atoms with E-state index in [2.05, 4.69) is 0 Å². The van der Waals surface area contributed by atoms with Crippen molar-refractivity contribution in [2.24, 2.45) is 0 Å². The van der Waals surface area contributed by atoms with Gasteiger partial charge in [0, 0.05) is 11.6 Å². The second-order valence-electron chi connectivity index (χ2n) is 6.21. The Morgan fingerprint density at radius 1 is 1.04 bits per heavy atom. The maximum absolute atomic E-state index is 14.5. The molecule has 0 saturated carbocycles. The van der Waals surface area contributed by atoms with Crippen molar-refractivity contribution in [3.63, 3.8) is 0 Å². The molecule has 0 aromatic heterocycles. The fraction of sp³-hybridized carbons (Fsp3) is 0.316. The molecular weight excluding hydrogens is 331 g/mol. The molecule has 0 bridgehead atoms. The van der Waals surface area contributed by atoms with Crippen molar-refractivity contribution in [1.82, 2.24) is 4.90 Å². The molecule has 2 unspecified atom stereocenters. The van der Waals surface area contributed by atoms with E-state index in [9.17, 15) is 23.1 Å². The third kappa shape index (κ3) is 3.69. The summed E-state index contributed by atoms with van der Waals surface area (Å²) in [5.41, 5.74) is 0.751. The molecule has 3 nitrogen and oxygen atoms in total. The minimum absolute atomic E-state index is 0.182. The van der Waals surface area contributed by atoms with E-state index in [1.54, 1.807) is 4.90 Å². The van der Waals surface area contributed by atoms with Crippen LogP contribution in [0.25, 0.3) is 0 Å². The summed E-state index contributed by atoms with van der Waals surface area (Å²) in [6.45, 7) is 0.468. The van der Waals surface area contributed by atoms with Gasteiger partial charge in [0.2, 0.25) is 0 Å². The monoisotopic (exact) mass is 349 g/mol. The zero-order valence-electron chi connectivity index (χ0n) is 13.5. The molecule has 1 aliphatic heterocycles. The first-order valence-corrected chi connectivity index (χ1v) is 8.16. The molecule has 0 spiro atoms. The van der Waals surface area contributed by atoms with Crippen LogP contribution in [0.3, 0.4) is 0 Å². The highest BCUT2D eigenvalue weighted by Crippen LogP contribution is 2.35. The van der Waals surface area contributed by atoms with Crippen LogP contribution in [0.1, 0.15) is 36.4 Å². The first-order chi connectivity index (χ1) is 12.0. The largest absolute Gasteiger partial charge is 0.480 e. The number of carboxylic acids is 1. The summed E-state index contributed by atoms with van der Waals surface area (Å²) in [6.07, 6.45) is 2.01. The highest BCUT2D eigenvalue weighted by Gasteiger charge is 2.36. The van der Waals surface area contributed by atoms with Crippen LogP contribution in [-0.4, -0.2) is 28.6 Å². The molecule has 2 aromatic rings. The summed E-state index contributed by atoms with van der Waals surface area (Å²) in [6, 6.07) is 7.29. The number of carboxylic acid groups (broad SMARTS) is 1. The molecule has 1 heterocycles. The van der Waals surface area contributed by atoms with Gasteiger partial charge in [-0.3, -0.25) is 9.69 Å². The lowest BCUT2D eigenvalue weighted by Gasteiger charge is -2.39. The molecule has 6 heteroatoms. The van der Waals surface area contributed by atoms with Gasteiger partial charge in [-0.05, 0) is 43.1 Å². The molecule has 2 aromatic carbocycles. The van der Waals surface area contributed by atoms with Gasteiger partial charge in [0.15, 0.2) is 0 Å². The Bertz CT molecular complexity index is 764. The zero-order valence-corrected chi connectivity index (χ0v) is 13.5. The molecule has 0 aliphatic carbocycles. The Kier molecular flexibility index (Phi) is 5.08. The Labute approximate surface area is 143 Å². The number of nitrogens with zero attached hydrogens (tertiary/aromatic N) is 1. The number of rotatable bonds is 4. The summed E-state index contributed by atoms with van der Waals surface area (Å²) in [5, 5.41) is 9.55. The molecule has 1 fully saturated rings. The fourth-order valence-electron chi connectivity index (χ4n) is 3.45. The summed E-state index contributed by atoms with van der Waals surface area (Å²) in [4.78, 5) is 13.4. The van der Waals surface area contributed by atoms with E-state index in [1.165, 1.54) is 30.3 Å². The van der Waals surface area contributed by atoms with Crippen molar-refractivity contribution in [3.8, 4) is 0 Å². The molecule has 2 atom stereocenters. The molecule has 132 valence electrons. The Balaban J connectivity index is 2.10. The number of benzene rings is 2. The first-order valence-electron chi connectivity index (χ1n) is 8.16. The highest BCUT2D eigenvalue weighted by atomic mass is 19.1. The molecule has 25 heavy (non-hydrogen) atoms. The number of hydrogen-bond acceptors (Lipinski definition) is 2.